The molecule has 1 aliphatic carbocycles. The van der Waals surface area contributed by atoms with E-state index < -0.39 is 0 Å². The predicted octanol–water partition coefficient (Wildman–Crippen LogP) is 3.80. The lowest BCUT2D eigenvalue weighted by Gasteiger charge is -2.22. The van der Waals surface area contributed by atoms with E-state index in [9.17, 15) is 9.59 Å². The van der Waals surface area contributed by atoms with Gasteiger partial charge in [0.15, 0.2) is 5.82 Å². The molecular formula is C26H30N4O4. The molecule has 4 rings (SSSR count). The third-order valence-corrected chi connectivity index (χ3v) is 5.99. The monoisotopic (exact) mass is 462 g/mol. The van der Waals surface area contributed by atoms with Crippen LogP contribution in [0.4, 0.5) is 0 Å². The number of H-pyrrole nitrogens is 1. The molecule has 0 radical (unpaired) electrons. The van der Waals surface area contributed by atoms with Crippen LogP contribution in [0.15, 0.2) is 53.3 Å². The zero-order chi connectivity index (χ0) is 23.8. The number of rotatable bonds is 9. The number of aromatic nitrogens is 3. The van der Waals surface area contributed by atoms with Crippen LogP contribution in [0.1, 0.15) is 49.8 Å². The highest BCUT2D eigenvalue weighted by Crippen LogP contribution is 2.21. The molecule has 1 saturated carbocycles. The summed E-state index contributed by atoms with van der Waals surface area (Å²) in [7, 11) is 1.63. The van der Waals surface area contributed by atoms with Crippen molar-refractivity contribution in [2.45, 2.75) is 57.6 Å². The van der Waals surface area contributed by atoms with Crippen molar-refractivity contribution >= 4 is 5.91 Å². The lowest BCUT2D eigenvalue weighted by atomic mass is 9.95. The average Bonchev–Trinajstić information content (AvgIpc) is 2.88. The maximum atomic E-state index is 12.5. The molecule has 8 heteroatoms. The van der Waals surface area contributed by atoms with Gasteiger partial charge in [-0.3, -0.25) is 9.59 Å². The van der Waals surface area contributed by atoms with E-state index in [4.69, 9.17) is 9.47 Å². The van der Waals surface area contributed by atoms with Crippen LogP contribution in [0, 0.1) is 0 Å². The average molecular weight is 463 g/mol. The molecule has 34 heavy (non-hydrogen) atoms. The third-order valence-electron chi connectivity index (χ3n) is 5.99. The Kier molecular flexibility index (Phi) is 7.91. The summed E-state index contributed by atoms with van der Waals surface area (Å²) in [5, 5.41) is 11.3. The second-order valence-electron chi connectivity index (χ2n) is 8.52. The summed E-state index contributed by atoms with van der Waals surface area (Å²) in [5.41, 5.74) is 1.66. The molecule has 0 saturated heterocycles. The minimum Gasteiger partial charge on any atom is -0.497 e. The van der Waals surface area contributed by atoms with Crippen molar-refractivity contribution in [2.75, 3.05) is 7.11 Å². The molecule has 0 unspecified atom stereocenters. The van der Waals surface area contributed by atoms with Gasteiger partial charge in [0.25, 0.3) is 5.56 Å². The summed E-state index contributed by atoms with van der Waals surface area (Å²) < 4.78 is 11.1. The highest BCUT2D eigenvalue weighted by atomic mass is 16.5. The van der Waals surface area contributed by atoms with Crippen LogP contribution in [0.25, 0.3) is 11.4 Å². The van der Waals surface area contributed by atoms with E-state index in [1.807, 2.05) is 48.5 Å². The smallest absolute Gasteiger partial charge is 0.273 e. The fourth-order valence-electron chi connectivity index (χ4n) is 4.07. The molecule has 0 spiro atoms. The minimum atomic E-state index is -0.325. The van der Waals surface area contributed by atoms with Crippen LogP contribution in [0.2, 0.25) is 0 Å². The van der Waals surface area contributed by atoms with Crippen molar-refractivity contribution in [1.29, 1.82) is 0 Å². The van der Waals surface area contributed by atoms with Crippen LogP contribution in [-0.4, -0.2) is 34.2 Å². The van der Waals surface area contributed by atoms with E-state index in [1.165, 1.54) is 6.42 Å². The lowest BCUT2D eigenvalue weighted by molar-refractivity contribution is -0.122. The zero-order valence-corrected chi connectivity index (χ0v) is 19.4. The SMILES string of the molecule is COc1cccc(COc2ccc(-c3nnc(CCC(=O)NC4CCCCC4)c(=O)[nH]3)cc2)c1. The van der Waals surface area contributed by atoms with E-state index in [1.54, 1.807) is 7.11 Å². The molecule has 1 fully saturated rings. The van der Waals surface area contributed by atoms with Crippen LogP contribution in [-0.2, 0) is 17.8 Å². The van der Waals surface area contributed by atoms with Gasteiger partial charge >= 0.3 is 0 Å². The Bertz CT molecular complexity index is 1150. The number of hydrogen-bond acceptors (Lipinski definition) is 6. The van der Waals surface area contributed by atoms with Gasteiger partial charge in [-0.25, -0.2) is 0 Å². The molecule has 178 valence electrons. The Morgan fingerprint density at radius 2 is 1.85 bits per heavy atom. The maximum absolute atomic E-state index is 12.5. The molecular weight excluding hydrogens is 432 g/mol. The van der Waals surface area contributed by atoms with Crippen LogP contribution in [0.5, 0.6) is 11.5 Å². The van der Waals surface area contributed by atoms with Gasteiger partial charge in [-0.2, -0.15) is 0 Å². The summed E-state index contributed by atoms with van der Waals surface area (Å²) in [5.74, 6) is 1.82. The Balaban J connectivity index is 1.31. The Morgan fingerprint density at radius 1 is 1.06 bits per heavy atom. The zero-order valence-electron chi connectivity index (χ0n) is 19.4. The van der Waals surface area contributed by atoms with Crippen molar-refractivity contribution < 1.29 is 14.3 Å². The van der Waals surface area contributed by atoms with Gasteiger partial charge in [0.1, 0.15) is 23.8 Å². The second-order valence-corrected chi connectivity index (χ2v) is 8.52. The lowest BCUT2D eigenvalue weighted by Crippen LogP contribution is -2.36. The van der Waals surface area contributed by atoms with Crippen LogP contribution < -0.4 is 20.3 Å². The van der Waals surface area contributed by atoms with E-state index in [0.717, 1.165) is 42.6 Å². The van der Waals surface area contributed by atoms with Gasteiger partial charge in [0, 0.05) is 24.4 Å². The molecule has 2 aromatic carbocycles. The summed E-state index contributed by atoms with van der Waals surface area (Å²) in [6.07, 6.45) is 6.12. The molecule has 8 nitrogen and oxygen atoms in total. The number of nitrogens with one attached hydrogen (secondary N) is 2. The number of methoxy groups -OCH3 is 1. The highest BCUT2D eigenvalue weighted by Gasteiger charge is 2.16. The highest BCUT2D eigenvalue weighted by molar-refractivity contribution is 5.76. The summed E-state index contributed by atoms with van der Waals surface area (Å²) in [6.45, 7) is 0.413. The number of carbonyl (C=O) groups is 1. The molecule has 0 atom stereocenters. The number of hydrogen-bond donors (Lipinski definition) is 2. The molecule has 2 N–H and O–H groups in total. The van der Waals surface area contributed by atoms with Crippen molar-refractivity contribution in [3.8, 4) is 22.9 Å². The summed E-state index contributed by atoms with van der Waals surface area (Å²) in [6, 6.07) is 15.2. The number of benzene rings is 2. The van der Waals surface area contributed by atoms with E-state index in [-0.39, 0.29) is 36.0 Å². The van der Waals surface area contributed by atoms with Crippen LogP contribution in [0.3, 0.4) is 0 Å². The minimum absolute atomic E-state index is 0.0401. The summed E-state index contributed by atoms with van der Waals surface area (Å²) in [4.78, 5) is 27.4. The van der Waals surface area contributed by atoms with Gasteiger partial charge in [-0.15, -0.1) is 10.2 Å². The van der Waals surface area contributed by atoms with Gasteiger partial charge < -0.3 is 19.8 Å². The normalized spacial score (nSPS) is 13.9. The number of aromatic amines is 1. The first kappa shape index (κ1) is 23.5. The van der Waals surface area contributed by atoms with Crippen molar-refractivity contribution in [2.24, 2.45) is 0 Å². The van der Waals surface area contributed by atoms with Crippen LogP contribution >= 0.6 is 0 Å². The van der Waals surface area contributed by atoms with E-state index in [2.05, 4.69) is 20.5 Å². The Morgan fingerprint density at radius 3 is 2.59 bits per heavy atom. The largest absolute Gasteiger partial charge is 0.497 e. The van der Waals surface area contributed by atoms with E-state index in [0.29, 0.717) is 18.2 Å². The second kappa shape index (κ2) is 11.4. The number of aryl methyl sites for hydroxylation is 1. The molecule has 0 bridgehead atoms. The molecule has 0 aliphatic heterocycles. The number of amides is 1. The quantitative estimate of drug-likeness (QED) is 0.501. The van der Waals surface area contributed by atoms with Crippen molar-refractivity contribution in [1.82, 2.24) is 20.5 Å². The molecule has 3 aromatic rings. The van der Waals surface area contributed by atoms with Gasteiger partial charge in [0.2, 0.25) is 5.91 Å². The number of nitrogens with zero attached hydrogens (tertiary/aromatic N) is 2. The fourth-order valence-corrected chi connectivity index (χ4v) is 4.07. The van der Waals surface area contributed by atoms with E-state index >= 15 is 0 Å². The fraction of sp³-hybridized carbons (Fsp3) is 0.385. The predicted molar refractivity (Wildman–Crippen MR) is 129 cm³/mol. The first-order chi connectivity index (χ1) is 16.6. The van der Waals surface area contributed by atoms with Crippen molar-refractivity contribution in [3.05, 3.63) is 70.1 Å². The van der Waals surface area contributed by atoms with Gasteiger partial charge in [-0.05, 0) is 54.8 Å². The molecule has 1 heterocycles. The number of carbonyl (C=O) groups excluding carboxylic acids is 1. The van der Waals surface area contributed by atoms with Gasteiger partial charge in [-0.1, -0.05) is 31.4 Å². The topological polar surface area (TPSA) is 106 Å². The number of ether oxygens (including phenoxy) is 2. The van der Waals surface area contributed by atoms with Gasteiger partial charge in [0.05, 0.1) is 7.11 Å². The standard InChI is InChI=1S/C26H30N4O4/c1-33-22-9-5-6-18(16-22)17-34-21-12-10-19(11-13-21)25-28-26(32)23(29-30-25)14-15-24(31)27-20-7-3-2-4-8-20/h5-6,9-13,16,20H,2-4,7-8,14-15,17H2,1H3,(H,27,31)(H,28,30,32). The van der Waals surface area contributed by atoms with Crippen molar-refractivity contribution in [3.63, 3.8) is 0 Å². The summed E-state index contributed by atoms with van der Waals surface area (Å²) >= 11 is 0. The third kappa shape index (κ3) is 6.43. The molecule has 1 amide bonds. The molecule has 1 aromatic heterocycles. The molecule has 1 aliphatic rings. The first-order valence-electron chi connectivity index (χ1n) is 11.7. The Hall–Kier alpha value is -3.68. The first-order valence-corrected chi connectivity index (χ1v) is 11.7. The Labute approximate surface area is 198 Å². The maximum Gasteiger partial charge on any atom is 0.273 e.